The number of carbonyl (C=O) groups is 4. The summed E-state index contributed by atoms with van der Waals surface area (Å²) in [7, 11) is 2.23. The van der Waals surface area contributed by atoms with Gasteiger partial charge in [0, 0.05) is 11.1 Å². The van der Waals surface area contributed by atoms with E-state index in [0.717, 1.165) is 14.2 Å². The number of methoxy groups -OCH3 is 2. The Kier molecular flexibility index (Phi) is 7.80. The van der Waals surface area contributed by atoms with E-state index in [-0.39, 0.29) is 13.2 Å². The van der Waals surface area contributed by atoms with Crippen LogP contribution >= 0.6 is 11.6 Å². The molecule has 1 heterocycles. The number of nitrogens with one attached hydrogen (secondary N) is 1. The summed E-state index contributed by atoms with van der Waals surface area (Å²) in [5.74, 6) is -6.75. The molecule has 9 nitrogen and oxygen atoms in total. The van der Waals surface area contributed by atoms with Crippen LogP contribution in [0.5, 0.6) is 0 Å². The minimum atomic E-state index is -2.30. The second-order valence-corrected chi connectivity index (χ2v) is 6.91. The molecule has 0 spiro atoms. The minimum absolute atomic E-state index is 0.0654. The van der Waals surface area contributed by atoms with Gasteiger partial charge in [0.05, 0.1) is 33.4 Å². The van der Waals surface area contributed by atoms with Gasteiger partial charge in [-0.1, -0.05) is 23.7 Å². The molecular formula is C20H24ClNO8. The van der Waals surface area contributed by atoms with Crippen LogP contribution in [0, 0.1) is 11.8 Å². The van der Waals surface area contributed by atoms with Gasteiger partial charge < -0.3 is 18.9 Å². The molecule has 0 saturated carbocycles. The maximum Gasteiger partial charge on any atom is 0.339 e. The smallest absolute Gasteiger partial charge is 0.339 e. The number of hydrogen-bond donors (Lipinski definition) is 1. The first kappa shape index (κ1) is 23.6. The number of hydrogen-bond acceptors (Lipinski definition) is 9. The number of ether oxygens (including phenoxy) is 4. The zero-order valence-corrected chi connectivity index (χ0v) is 17.9. The fraction of sp³-hybridized carbons (Fsp3) is 0.500. The van der Waals surface area contributed by atoms with Gasteiger partial charge >= 0.3 is 23.9 Å². The van der Waals surface area contributed by atoms with Crippen molar-refractivity contribution in [2.45, 2.75) is 25.4 Å². The van der Waals surface area contributed by atoms with E-state index in [1.54, 1.807) is 38.1 Å². The molecule has 1 fully saturated rings. The summed E-state index contributed by atoms with van der Waals surface area (Å²) in [6.07, 6.45) is 0. The Hall–Kier alpha value is -2.65. The molecule has 0 aromatic heterocycles. The molecular weight excluding hydrogens is 418 g/mol. The van der Waals surface area contributed by atoms with E-state index in [2.05, 4.69) is 5.32 Å². The van der Waals surface area contributed by atoms with Crippen molar-refractivity contribution < 1.29 is 38.1 Å². The topological polar surface area (TPSA) is 117 Å². The quantitative estimate of drug-likeness (QED) is 0.381. The van der Waals surface area contributed by atoms with Crippen molar-refractivity contribution in [1.82, 2.24) is 5.32 Å². The van der Waals surface area contributed by atoms with Crippen molar-refractivity contribution in [2.75, 3.05) is 27.4 Å². The van der Waals surface area contributed by atoms with Crippen molar-refractivity contribution in [3.8, 4) is 0 Å². The Labute approximate surface area is 178 Å². The predicted molar refractivity (Wildman–Crippen MR) is 104 cm³/mol. The van der Waals surface area contributed by atoms with Gasteiger partial charge in [-0.3, -0.25) is 14.9 Å². The second-order valence-electron chi connectivity index (χ2n) is 6.47. The Morgan fingerprint density at radius 3 is 1.87 bits per heavy atom. The van der Waals surface area contributed by atoms with Crippen LogP contribution in [-0.4, -0.2) is 56.8 Å². The van der Waals surface area contributed by atoms with Crippen molar-refractivity contribution in [3.05, 3.63) is 34.9 Å². The van der Waals surface area contributed by atoms with Crippen molar-refractivity contribution in [3.63, 3.8) is 0 Å². The maximum absolute atomic E-state index is 13.0. The lowest BCUT2D eigenvalue weighted by Gasteiger charge is -2.30. The summed E-state index contributed by atoms with van der Waals surface area (Å²) in [6, 6.07) is 5.41. The van der Waals surface area contributed by atoms with E-state index in [4.69, 9.17) is 30.5 Å². The average molecular weight is 442 g/mol. The molecule has 30 heavy (non-hydrogen) atoms. The van der Waals surface area contributed by atoms with Gasteiger partial charge in [0.25, 0.3) is 0 Å². The molecule has 0 aliphatic carbocycles. The molecule has 1 aliphatic rings. The molecule has 1 N–H and O–H groups in total. The normalized spacial score (nSPS) is 22.1. The lowest BCUT2D eigenvalue weighted by atomic mass is 9.77. The first-order chi connectivity index (χ1) is 14.3. The van der Waals surface area contributed by atoms with Crippen LogP contribution in [0.15, 0.2) is 24.3 Å². The number of halogens is 1. The highest BCUT2D eigenvalue weighted by Gasteiger charge is 2.69. The summed E-state index contributed by atoms with van der Waals surface area (Å²) in [5.41, 5.74) is -1.80. The number of rotatable bonds is 7. The summed E-state index contributed by atoms with van der Waals surface area (Å²) >= 11 is 5.95. The van der Waals surface area contributed by atoms with Gasteiger partial charge in [0.1, 0.15) is 5.92 Å². The fourth-order valence-electron chi connectivity index (χ4n) is 3.65. The third kappa shape index (κ3) is 4.13. The largest absolute Gasteiger partial charge is 0.469 e. The van der Waals surface area contributed by atoms with E-state index in [1.165, 1.54) is 0 Å². The molecule has 0 radical (unpaired) electrons. The molecule has 0 amide bonds. The summed E-state index contributed by atoms with van der Waals surface area (Å²) in [5, 5.41) is 3.29. The third-order valence-corrected chi connectivity index (χ3v) is 5.17. The number of benzene rings is 1. The second kappa shape index (κ2) is 9.90. The molecule has 1 aromatic carbocycles. The van der Waals surface area contributed by atoms with Gasteiger partial charge in [-0.05, 0) is 31.5 Å². The molecule has 2 rings (SSSR count). The van der Waals surface area contributed by atoms with Crippen LogP contribution < -0.4 is 5.32 Å². The molecule has 3 atom stereocenters. The van der Waals surface area contributed by atoms with E-state index in [1.807, 2.05) is 0 Å². The molecule has 164 valence electrons. The molecule has 0 bridgehead atoms. The molecule has 0 unspecified atom stereocenters. The monoisotopic (exact) mass is 441 g/mol. The van der Waals surface area contributed by atoms with Gasteiger partial charge in [-0.15, -0.1) is 0 Å². The average Bonchev–Trinajstić information content (AvgIpc) is 3.11. The van der Waals surface area contributed by atoms with Gasteiger partial charge in [-0.2, -0.15) is 0 Å². The number of esters is 4. The van der Waals surface area contributed by atoms with Crippen LogP contribution in [0.25, 0.3) is 0 Å². The standard InChI is InChI=1S/C20H24ClNO8/c1-5-29-18(25)20(19(26)30-6-2)14(17(24)28-4)13(16(23)27-3)15(22-20)11-7-9-12(21)10-8-11/h7-10,13-15,22H,5-6H2,1-4H3/t13-,14+,15-/m1/s1. The highest BCUT2D eigenvalue weighted by molar-refractivity contribution is 6.30. The van der Waals surface area contributed by atoms with Gasteiger partial charge in [0.2, 0.25) is 5.54 Å². The molecule has 1 aliphatic heterocycles. The van der Waals surface area contributed by atoms with E-state index in [0.29, 0.717) is 10.6 Å². The Morgan fingerprint density at radius 2 is 1.43 bits per heavy atom. The van der Waals surface area contributed by atoms with Crippen LogP contribution in [0.3, 0.4) is 0 Å². The van der Waals surface area contributed by atoms with Crippen LogP contribution in [0.4, 0.5) is 0 Å². The summed E-state index contributed by atoms with van der Waals surface area (Å²) < 4.78 is 19.9. The first-order valence-corrected chi connectivity index (χ1v) is 9.69. The predicted octanol–water partition coefficient (Wildman–Crippen LogP) is 1.43. The SMILES string of the molecule is CCOC(=O)C1(C(=O)OCC)N[C@H](c2ccc(Cl)cc2)[C@H](C(=O)OC)[C@H]1C(=O)OC. The lowest BCUT2D eigenvalue weighted by molar-refractivity contribution is -0.175. The van der Waals surface area contributed by atoms with Gasteiger partial charge in [0.15, 0.2) is 0 Å². The Balaban J connectivity index is 2.75. The van der Waals surface area contributed by atoms with Crippen molar-refractivity contribution in [1.29, 1.82) is 0 Å². The van der Waals surface area contributed by atoms with Crippen molar-refractivity contribution >= 4 is 35.5 Å². The minimum Gasteiger partial charge on any atom is -0.469 e. The molecule has 1 aromatic rings. The fourth-order valence-corrected chi connectivity index (χ4v) is 3.78. The Morgan fingerprint density at radius 1 is 0.933 bits per heavy atom. The van der Waals surface area contributed by atoms with Crippen LogP contribution in [0.1, 0.15) is 25.5 Å². The molecule has 1 saturated heterocycles. The summed E-state index contributed by atoms with van der Waals surface area (Å²) in [4.78, 5) is 51.6. The zero-order valence-electron chi connectivity index (χ0n) is 17.1. The Bertz CT molecular complexity index is 792. The van der Waals surface area contributed by atoms with E-state index in [9.17, 15) is 19.2 Å². The van der Waals surface area contributed by atoms with Crippen LogP contribution in [-0.2, 0) is 38.1 Å². The third-order valence-electron chi connectivity index (χ3n) is 4.92. The first-order valence-electron chi connectivity index (χ1n) is 9.31. The number of carbonyl (C=O) groups excluding carboxylic acids is 4. The van der Waals surface area contributed by atoms with E-state index >= 15 is 0 Å². The molecule has 10 heteroatoms. The zero-order chi connectivity index (χ0) is 22.5. The highest BCUT2D eigenvalue weighted by Crippen LogP contribution is 2.46. The van der Waals surface area contributed by atoms with Gasteiger partial charge in [-0.25, -0.2) is 9.59 Å². The lowest BCUT2D eigenvalue weighted by Crippen LogP contribution is -2.62. The summed E-state index contributed by atoms with van der Waals surface area (Å²) in [6.45, 7) is 2.97. The van der Waals surface area contributed by atoms with E-state index < -0.39 is 47.3 Å². The van der Waals surface area contributed by atoms with Crippen molar-refractivity contribution in [2.24, 2.45) is 11.8 Å². The van der Waals surface area contributed by atoms with Crippen LogP contribution in [0.2, 0.25) is 5.02 Å². The maximum atomic E-state index is 13.0. The highest BCUT2D eigenvalue weighted by atomic mass is 35.5.